The lowest BCUT2D eigenvalue weighted by molar-refractivity contribution is 0.899. The highest BCUT2D eigenvalue weighted by Gasteiger charge is 2.10. The zero-order valence-electron chi connectivity index (χ0n) is 13.3. The standard InChI is InChI=1S/C16H19N5S2/c1-10(2)20-12-6-4-5-11(7-12)8-17-14-13-15(19-9-18-14)21-16(22-3)23-13/h4-7,9-10,20H,8H2,1-3H3,(H,17,18,19). The molecule has 0 aliphatic carbocycles. The smallest absolute Gasteiger partial charge is 0.176 e. The average Bonchev–Trinajstić information content (AvgIpc) is 2.96. The Kier molecular flexibility index (Phi) is 4.97. The summed E-state index contributed by atoms with van der Waals surface area (Å²) in [7, 11) is 0. The van der Waals surface area contributed by atoms with Gasteiger partial charge in [0.15, 0.2) is 9.99 Å². The van der Waals surface area contributed by atoms with Gasteiger partial charge < -0.3 is 10.6 Å². The molecule has 5 nitrogen and oxygen atoms in total. The van der Waals surface area contributed by atoms with Gasteiger partial charge in [0, 0.05) is 18.3 Å². The highest BCUT2D eigenvalue weighted by Crippen LogP contribution is 2.31. The van der Waals surface area contributed by atoms with Crippen LogP contribution in [0.4, 0.5) is 11.5 Å². The van der Waals surface area contributed by atoms with E-state index in [1.54, 1.807) is 29.4 Å². The number of anilines is 2. The van der Waals surface area contributed by atoms with Crippen LogP contribution in [-0.4, -0.2) is 27.2 Å². The van der Waals surface area contributed by atoms with Crippen molar-refractivity contribution in [1.29, 1.82) is 0 Å². The van der Waals surface area contributed by atoms with Crippen LogP contribution in [0.1, 0.15) is 19.4 Å². The molecule has 2 N–H and O–H groups in total. The Morgan fingerprint density at radius 1 is 1.26 bits per heavy atom. The molecule has 0 bridgehead atoms. The number of hydrogen-bond acceptors (Lipinski definition) is 7. The van der Waals surface area contributed by atoms with Crippen molar-refractivity contribution in [1.82, 2.24) is 15.0 Å². The molecule has 23 heavy (non-hydrogen) atoms. The summed E-state index contributed by atoms with van der Waals surface area (Å²) in [6.45, 7) is 4.98. The second-order valence-electron chi connectivity index (χ2n) is 5.41. The first-order valence-corrected chi connectivity index (χ1v) is 9.44. The van der Waals surface area contributed by atoms with Crippen molar-refractivity contribution < 1.29 is 0 Å². The Hall–Kier alpha value is -1.86. The maximum absolute atomic E-state index is 4.47. The Labute approximate surface area is 144 Å². The lowest BCUT2D eigenvalue weighted by atomic mass is 10.2. The van der Waals surface area contributed by atoms with Gasteiger partial charge in [0.2, 0.25) is 0 Å². The van der Waals surface area contributed by atoms with Crippen molar-refractivity contribution in [2.45, 2.75) is 30.8 Å². The van der Waals surface area contributed by atoms with E-state index >= 15 is 0 Å². The molecule has 0 radical (unpaired) electrons. The molecule has 0 aliphatic rings. The lowest BCUT2D eigenvalue weighted by Gasteiger charge is -2.12. The summed E-state index contributed by atoms with van der Waals surface area (Å²) >= 11 is 3.25. The maximum Gasteiger partial charge on any atom is 0.176 e. The van der Waals surface area contributed by atoms with Gasteiger partial charge in [0.1, 0.15) is 16.8 Å². The molecular formula is C16H19N5S2. The van der Waals surface area contributed by atoms with Gasteiger partial charge in [-0.25, -0.2) is 15.0 Å². The minimum absolute atomic E-state index is 0.418. The summed E-state index contributed by atoms with van der Waals surface area (Å²) in [5.41, 5.74) is 3.10. The van der Waals surface area contributed by atoms with E-state index < -0.39 is 0 Å². The highest BCUT2D eigenvalue weighted by atomic mass is 32.2. The largest absolute Gasteiger partial charge is 0.383 e. The number of rotatable bonds is 6. The zero-order valence-corrected chi connectivity index (χ0v) is 15.0. The topological polar surface area (TPSA) is 62.7 Å². The van der Waals surface area contributed by atoms with E-state index in [0.29, 0.717) is 12.6 Å². The van der Waals surface area contributed by atoms with Crippen molar-refractivity contribution in [2.24, 2.45) is 0 Å². The third-order valence-electron chi connectivity index (χ3n) is 3.19. The Morgan fingerprint density at radius 2 is 2.13 bits per heavy atom. The van der Waals surface area contributed by atoms with E-state index in [2.05, 4.69) is 63.7 Å². The van der Waals surface area contributed by atoms with E-state index in [4.69, 9.17) is 0 Å². The van der Waals surface area contributed by atoms with Gasteiger partial charge in [-0.2, -0.15) is 0 Å². The molecule has 0 atom stereocenters. The Morgan fingerprint density at radius 3 is 2.91 bits per heavy atom. The van der Waals surface area contributed by atoms with Crippen LogP contribution in [0, 0.1) is 0 Å². The third-order valence-corrected chi connectivity index (χ3v) is 5.22. The van der Waals surface area contributed by atoms with Crippen molar-refractivity contribution in [3.8, 4) is 0 Å². The molecule has 0 aliphatic heterocycles. The van der Waals surface area contributed by atoms with Gasteiger partial charge in [-0.05, 0) is 37.8 Å². The lowest BCUT2D eigenvalue weighted by Crippen LogP contribution is -2.10. The molecule has 3 aromatic rings. The van der Waals surface area contributed by atoms with E-state index in [1.807, 2.05) is 6.26 Å². The summed E-state index contributed by atoms with van der Waals surface area (Å²) in [5.74, 6) is 0.843. The highest BCUT2D eigenvalue weighted by molar-refractivity contribution is 8.00. The molecule has 2 aromatic heterocycles. The number of aromatic nitrogens is 3. The molecular weight excluding hydrogens is 326 g/mol. The molecule has 3 rings (SSSR count). The van der Waals surface area contributed by atoms with Crippen LogP contribution in [0.2, 0.25) is 0 Å². The van der Waals surface area contributed by atoms with E-state index in [0.717, 1.165) is 26.2 Å². The van der Waals surface area contributed by atoms with Gasteiger partial charge in [-0.15, -0.1) is 11.3 Å². The SMILES string of the molecule is CSc1nc2ncnc(NCc3cccc(NC(C)C)c3)c2s1. The number of thiazole rings is 1. The first kappa shape index (κ1) is 16.0. The zero-order chi connectivity index (χ0) is 16.2. The number of nitrogens with zero attached hydrogens (tertiary/aromatic N) is 3. The fraction of sp³-hybridized carbons (Fsp3) is 0.312. The molecule has 7 heteroatoms. The number of benzene rings is 1. The van der Waals surface area contributed by atoms with E-state index in [-0.39, 0.29) is 0 Å². The van der Waals surface area contributed by atoms with Crippen LogP contribution in [0.5, 0.6) is 0 Å². The van der Waals surface area contributed by atoms with Gasteiger partial charge in [0.05, 0.1) is 0 Å². The van der Waals surface area contributed by atoms with Crippen molar-refractivity contribution in [3.05, 3.63) is 36.2 Å². The summed E-state index contributed by atoms with van der Waals surface area (Å²) in [6, 6.07) is 8.83. The Balaban J connectivity index is 1.77. The molecule has 0 fully saturated rings. The molecule has 0 saturated carbocycles. The molecule has 0 unspecified atom stereocenters. The Bertz CT molecular complexity index is 800. The second-order valence-corrected chi connectivity index (χ2v) is 7.46. The first-order chi connectivity index (χ1) is 11.2. The summed E-state index contributed by atoms with van der Waals surface area (Å²) in [4.78, 5) is 13.1. The molecule has 1 aromatic carbocycles. The summed E-state index contributed by atoms with van der Waals surface area (Å²) < 4.78 is 2.01. The van der Waals surface area contributed by atoms with E-state index in [9.17, 15) is 0 Å². The molecule has 0 spiro atoms. The monoisotopic (exact) mass is 345 g/mol. The maximum atomic E-state index is 4.47. The van der Waals surface area contributed by atoms with Crippen LogP contribution >= 0.6 is 23.1 Å². The van der Waals surface area contributed by atoms with Crippen LogP contribution in [-0.2, 0) is 6.54 Å². The number of hydrogen-bond donors (Lipinski definition) is 2. The minimum Gasteiger partial charge on any atom is -0.383 e. The fourth-order valence-corrected chi connectivity index (χ4v) is 3.72. The second kappa shape index (κ2) is 7.14. The molecule has 120 valence electrons. The van der Waals surface area contributed by atoms with Gasteiger partial charge in [-0.3, -0.25) is 0 Å². The van der Waals surface area contributed by atoms with Gasteiger partial charge >= 0.3 is 0 Å². The van der Waals surface area contributed by atoms with Gasteiger partial charge in [0.25, 0.3) is 0 Å². The number of nitrogens with one attached hydrogen (secondary N) is 2. The van der Waals surface area contributed by atoms with Gasteiger partial charge in [-0.1, -0.05) is 23.9 Å². The average molecular weight is 345 g/mol. The first-order valence-electron chi connectivity index (χ1n) is 7.40. The van der Waals surface area contributed by atoms with Crippen molar-refractivity contribution >= 4 is 45.0 Å². The molecule has 2 heterocycles. The molecule has 0 amide bonds. The minimum atomic E-state index is 0.418. The van der Waals surface area contributed by atoms with Crippen LogP contribution in [0.25, 0.3) is 10.3 Å². The summed E-state index contributed by atoms with van der Waals surface area (Å²) in [6.07, 6.45) is 3.58. The number of fused-ring (bicyclic) bond motifs is 1. The number of thioether (sulfide) groups is 1. The van der Waals surface area contributed by atoms with Crippen LogP contribution < -0.4 is 10.6 Å². The quantitative estimate of drug-likeness (QED) is 0.652. The van der Waals surface area contributed by atoms with Crippen molar-refractivity contribution in [2.75, 3.05) is 16.9 Å². The van der Waals surface area contributed by atoms with E-state index in [1.165, 1.54) is 5.56 Å². The normalized spacial score (nSPS) is 11.1. The van der Waals surface area contributed by atoms with Crippen molar-refractivity contribution in [3.63, 3.8) is 0 Å². The fourth-order valence-electron chi connectivity index (χ4n) is 2.24. The van der Waals surface area contributed by atoms with Crippen LogP contribution in [0.15, 0.2) is 34.9 Å². The third kappa shape index (κ3) is 3.92. The molecule has 0 saturated heterocycles. The predicted octanol–water partition coefficient (Wildman–Crippen LogP) is 4.24. The predicted molar refractivity (Wildman–Crippen MR) is 99.5 cm³/mol. The van der Waals surface area contributed by atoms with Crippen LogP contribution in [0.3, 0.4) is 0 Å². The summed E-state index contributed by atoms with van der Waals surface area (Å²) in [5, 5.41) is 6.82.